The molecule has 0 spiro atoms. The van der Waals surface area contributed by atoms with Gasteiger partial charge in [0.25, 0.3) is 0 Å². The molecule has 0 bridgehead atoms. The molecule has 0 N–H and O–H groups in total. The lowest BCUT2D eigenvalue weighted by Crippen LogP contribution is -2.00. The van der Waals surface area contributed by atoms with Crippen molar-refractivity contribution >= 4 is 31.5 Å². The van der Waals surface area contributed by atoms with Crippen LogP contribution in [-0.2, 0) is 0 Å². The van der Waals surface area contributed by atoms with E-state index in [0.29, 0.717) is 17.5 Å². The molecule has 0 aliphatic heterocycles. The number of nitrogens with zero attached hydrogens (tertiary/aromatic N) is 3. The number of fused-ring (bicyclic) bond motifs is 3. The van der Waals surface area contributed by atoms with Crippen LogP contribution in [0.3, 0.4) is 0 Å². The first-order valence-electron chi connectivity index (χ1n) is 18.4. The molecule has 0 radical (unpaired) electrons. The summed E-state index contributed by atoms with van der Waals surface area (Å²) in [7, 11) is 0. The zero-order valence-electron chi connectivity index (χ0n) is 29.8. The normalized spacial score (nSPS) is 11.3. The third-order valence-corrected chi connectivity index (χ3v) is 11.3. The van der Waals surface area contributed by atoms with E-state index in [1.165, 1.54) is 48.2 Å². The highest BCUT2D eigenvalue weighted by Gasteiger charge is 2.18. The Kier molecular flexibility index (Phi) is 8.36. The molecule has 0 aliphatic carbocycles. The Morgan fingerprint density at radius 2 is 0.691 bits per heavy atom. The lowest BCUT2D eigenvalue weighted by Gasteiger charge is -2.11. The van der Waals surface area contributed by atoms with Gasteiger partial charge < -0.3 is 0 Å². The van der Waals surface area contributed by atoms with Gasteiger partial charge in [-0.3, -0.25) is 0 Å². The van der Waals surface area contributed by atoms with Crippen molar-refractivity contribution in [3.8, 4) is 78.7 Å². The van der Waals surface area contributed by atoms with E-state index in [2.05, 4.69) is 176 Å². The molecular formula is C51H33N3S. The smallest absolute Gasteiger partial charge is 0.164 e. The van der Waals surface area contributed by atoms with Crippen LogP contribution in [0.5, 0.6) is 0 Å². The predicted molar refractivity (Wildman–Crippen MR) is 231 cm³/mol. The summed E-state index contributed by atoms with van der Waals surface area (Å²) in [6.45, 7) is 0. The Hall–Kier alpha value is -7.01. The molecule has 0 saturated carbocycles. The van der Waals surface area contributed by atoms with Crippen molar-refractivity contribution in [2.24, 2.45) is 0 Å². The van der Waals surface area contributed by atoms with Gasteiger partial charge in [-0.1, -0.05) is 176 Å². The van der Waals surface area contributed by atoms with Crippen LogP contribution in [0.15, 0.2) is 200 Å². The number of thiophene rings is 1. The van der Waals surface area contributed by atoms with E-state index < -0.39 is 0 Å². The van der Waals surface area contributed by atoms with Gasteiger partial charge in [-0.15, -0.1) is 11.3 Å². The molecule has 2 heterocycles. The zero-order chi connectivity index (χ0) is 36.6. The highest BCUT2D eigenvalue weighted by atomic mass is 32.1. The van der Waals surface area contributed by atoms with Crippen LogP contribution in [0.4, 0.5) is 0 Å². The summed E-state index contributed by atoms with van der Waals surface area (Å²) in [5.41, 5.74) is 12.3. The van der Waals surface area contributed by atoms with E-state index in [-0.39, 0.29) is 0 Å². The summed E-state index contributed by atoms with van der Waals surface area (Å²) < 4.78 is 2.43. The second kappa shape index (κ2) is 14.1. The quantitative estimate of drug-likeness (QED) is 0.165. The van der Waals surface area contributed by atoms with Crippen molar-refractivity contribution < 1.29 is 0 Å². The lowest BCUT2D eigenvalue weighted by molar-refractivity contribution is 1.08. The Morgan fingerprint density at radius 1 is 0.273 bits per heavy atom. The van der Waals surface area contributed by atoms with Gasteiger partial charge in [-0.05, 0) is 68.8 Å². The van der Waals surface area contributed by atoms with E-state index in [9.17, 15) is 0 Å². The number of hydrogen-bond acceptors (Lipinski definition) is 4. The molecule has 0 fully saturated rings. The molecule has 258 valence electrons. The summed E-state index contributed by atoms with van der Waals surface area (Å²) in [6.07, 6.45) is 0. The predicted octanol–water partition coefficient (Wildman–Crippen LogP) is 13.9. The minimum atomic E-state index is 0.641. The fourth-order valence-electron chi connectivity index (χ4n) is 7.34. The molecule has 10 aromatic rings. The van der Waals surface area contributed by atoms with Crippen LogP contribution in [0, 0.1) is 0 Å². The minimum Gasteiger partial charge on any atom is -0.208 e. The highest BCUT2D eigenvalue weighted by Crippen LogP contribution is 2.42. The molecule has 0 aliphatic rings. The number of hydrogen-bond donors (Lipinski definition) is 0. The van der Waals surface area contributed by atoms with Gasteiger partial charge in [-0.2, -0.15) is 0 Å². The first-order chi connectivity index (χ1) is 27.2. The second-order valence-electron chi connectivity index (χ2n) is 13.6. The Bertz CT molecular complexity index is 2940. The van der Waals surface area contributed by atoms with Gasteiger partial charge in [-0.25, -0.2) is 15.0 Å². The first-order valence-corrected chi connectivity index (χ1v) is 19.2. The van der Waals surface area contributed by atoms with Crippen LogP contribution >= 0.6 is 11.3 Å². The monoisotopic (exact) mass is 719 g/mol. The fraction of sp³-hybridized carbons (Fsp3) is 0. The second-order valence-corrected chi connectivity index (χ2v) is 14.7. The van der Waals surface area contributed by atoms with Gasteiger partial charge in [0, 0.05) is 36.9 Å². The van der Waals surface area contributed by atoms with Gasteiger partial charge in [0.15, 0.2) is 17.5 Å². The average molecular weight is 720 g/mol. The summed E-state index contributed by atoms with van der Waals surface area (Å²) in [5, 5.41) is 2.36. The topological polar surface area (TPSA) is 38.7 Å². The summed E-state index contributed by atoms with van der Waals surface area (Å²) in [5.74, 6) is 1.95. The van der Waals surface area contributed by atoms with Crippen molar-refractivity contribution in [3.63, 3.8) is 0 Å². The van der Waals surface area contributed by atoms with Crippen molar-refractivity contribution in [2.45, 2.75) is 0 Å². The van der Waals surface area contributed by atoms with Crippen LogP contribution in [0.2, 0.25) is 0 Å². The van der Waals surface area contributed by atoms with E-state index >= 15 is 0 Å². The Morgan fingerprint density at radius 3 is 1.29 bits per heavy atom. The van der Waals surface area contributed by atoms with Crippen molar-refractivity contribution in [1.29, 1.82) is 0 Å². The summed E-state index contributed by atoms with van der Waals surface area (Å²) >= 11 is 1.80. The lowest BCUT2D eigenvalue weighted by atomic mass is 9.98. The van der Waals surface area contributed by atoms with Crippen LogP contribution < -0.4 is 0 Å². The van der Waals surface area contributed by atoms with Gasteiger partial charge in [0.1, 0.15) is 0 Å². The maximum Gasteiger partial charge on any atom is 0.164 e. The maximum atomic E-state index is 5.23. The fourth-order valence-corrected chi connectivity index (χ4v) is 8.46. The Labute approximate surface area is 323 Å². The molecule has 8 aromatic carbocycles. The van der Waals surface area contributed by atoms with Crippen LogP contribution in [0.1, 0.15) is 0 Å². The minimum absolute atomic E-state index is 0.641. The summed E-state index contributed by atoms with van der Waals surface area (Å²) in [4.78, 5) is 15.5. The number of aromatic nitrogens is 3. The zero-order valence-corrected chi connectivity index (χ0v) is 30.6. The molecule has 55 heavy (non-hydrogen) atoms. The number of rotatable bonds is 7. The molecule has 0 unspecified atom stereocenters. The molecule has 0 amide bonds. The molecular weight excluding hydrogens is 687 g/mol. The molecule has 10 rings (SSSR count). The van der Waals surface area contributed by atoms with Gasteiger partial charge in [0.2, 0.25) is 0 Å². The van der Waals surface area contributed by atoms with Crippen molar-refractivity contribution in [1.82, 2.24) is 15.0 Å². The maximum absolute atomic E-state index is 5.23. The third kappa shape index (κ3) is 6.39. The molecule has 3 nitrogen and oxygen atoms in total. The summed E-state index contributed by atoms with van der Waals surface area (Å²) in [6, 6.07) is 70.5. The highest BCUT2D eigenvalue weighted by molar-refractivity contribution is 7.26. The Balaban J connectivity index is 1.08. The number of benzene rings is 8. The molecule has 2 aromatic heterocycles. The van der Waals surface area contributed by atoms with E-state index in [0.717, 1.165) is 33.2 Å². The molecule has 0 atom stereocenters. The van der Waals surface area contributed by atoms with Crippen molar-refractivity contribution in [2.75, 3.05) is 0 Å². The van der Waals surface area contributed by atoms with Crippen LogP contribution in [-0.4, -0.2) is 15.0 Å². The average Bonchev–Trinajstić information content (AvgIpc) is 3.66. The third-order valence-electron chi connectivity index (χ3n) is 10.2. The first kappa shape index (κ1) is 32.6. The van der Waals surface area contributed by atoms with E-state index in [4.69, 9.17) is 15.0 Å². The molecule has 4 heteroatoms. The van der Waals surface area contributed by atoms with E-state index in [1.54, 1.807) is 11.3 Å². The van der Waals surface area contributed by atoms with Crippen LogP contribution in [0.25, 0.3) is 98.8 Å². The van der Waals surface area contributed by atoms with E-state index in [1.807, 2.05) is 24.3 Å². The van der Waals surface area contributed by atoms with Crippen molar-refractivity contribution in [3.05, 3.63) is 200 Å². The SMILES string of the molecule is c1ccc(-c2ccc(-c3cccc(-c4nc(-c5ccccc5)nc(-c5cccc6sc7ccc(-c8ccc(-c9ccccc9)cc8)cc7c56)n4)c3)cc2)cc1. The molecule has 0 saturated heterocycles. The standard InChI is InChI=1S/C51H33N3S/c1-4-12-34(13-5-1)36-22-26-38(27-23-36)41-18-10-19-43(32-41)50-52-49(40-16-8-3-9-17-40)53-51(54-50)44-20-11-21-47-48(44)45-33-42(30-31-46(45)55-47)39-28-24-37(25-29-39)35-14-6-2-7-15-35/h1-33H. The van der Waals surface area contributed by atoms with Gasteiger partial charge >= 0.3 is 0 Å². The largest absolute Gasteiger partial charge is 0.208 e. The van der Waals surface area contributed by atoms with Gasteiger partial charge in [0.05, 0.1) is 0 Å².